The number of thioether (sulfide) groups is 1. The minimum absolute atomic E-state index is 0.0545. The molecule has 2 aliphatic rings. The molecule has 2 aromatic rings. The first-order valence-electron chi connectivity index (χ1n) is 9.42. The predicted molar refractivity (Wildman–Crippen MR) is 105 cm³/mol. The number of hydrogen-bond acceptors (Lipinski definition) is 4. The second kappa shape index (κ2) is 7.43. The molecule has 0 unspecified atom stereocenters. The van der Waals surface area contributed by atoms with Crippen LogP contribution >= 0.6 is 11.8 Å². The Labute approximate surface area is 163 Å². The highest BCUT2D eigenvalue weighted by atomic mass is 32.2. The highest BCUT2D eigenvalue weighted by Gasteiger charge is 2.42. The lowest BCUT2D eigenvalue weighted by Crippen LogP contribution is -2.60. The Morgan fingerprint density at radius 3 is 2.78 bits per heavy atom. The SMILES string of the molecule is Cc1ccc(SCc2ccc(C(=O)N3C[C@@H]4CCCN4C(=O)[C@H]3C)o2)cc1. The fourth-order valence-corrected chi connectivity index (χ4v) is 4.63. The van der Waals surface area contributed by atoms with E-state index < -0.39 is 6.04 Å². The summed E-state index contributed by atoms with van der Waals surface area (Å²) in [6, 6.07) is 11.7. The zero-order valence-electron chi connectivity index (χ0n) is 15.7. The Morgan fingerprint density at radius 2 is 2.00 bits per heavy atom. The Bertz CT molecular complexity index is 845. The van der Waals surface area contributed by atoms with E-state index in [0.29, 0.717) is 18.1 Å². The highest BCUT2D eigenvalue weighted by molar-refractivity contribution is 7.98. The van der Waals surface area contributed by atoms with Crippen molar-refractivity contribution < 1.29 is 14.0 Å². The van der Waals surface area contributed by atoms with Crippen LogP contribution in [-0.2, 0) is 10.5 Å². The maximum Gasteiger partial charge on any atom is 0.290 e. The molecular formula is C21H24N2O3S. The minimum Gasteiger partial charge on any atom is -0.455 e. The van der Waals surface area contributed by atoms with Gasteiger partial charge < -0.3 is 14.2 Å². The first-order chi connectivity index (χ1) is 13.0. The fourth-order valence-electron chi connectivity index (χ4n) is 3.83. The quantitative estimate of drug-likeness (QED) is 0.754. The van der Waals surface area contributed by atoms with Crippen LogP contribution in [0.15, 0.2) is 45.7 Å². The van der Waals surface area contributed by atoms with Gasteiger partial charge in [0.25, 0.3) is 5.91 Å². The summed E-state index contributed by atoms with van der Waals surface area (Å²) in [4.78, 5) is 30.2. The van der Waals surface area contributed by atoms with Gasteiger partial charge in [-0.2, -0.15) is 0 Å². The number of aryl methyl sites for hydroxylation is 1. The largest absolute Gasteiger partial charge is 0.455 e. The zero-order chi connectivity index (χ0) is 19.0. The van der Waals surface area contributed by atoms with Crippen molar-refractivity contribution >= 4 is 23.6 Å². The van der Waals surface area contributed by atoms with Gasteiger partial charge in [-0.05, 0) is 51.0 Å². The summed E-state index contributed by atoms with van der Waals surface area (Å²) in [5.41, 5.74) is 1.23. The predicted octanol–water partition coefficient (Wildman–Crippen LogP) is 3.72. The first-order valence-corrected chi connectivity index (χ1v) is 10.4. The van der Waals surface area contributed by atoms with Crippen LogP contribution in [-0.4, -0.2) is 46.8 Å². The molecule has 0 spiro atoms. The van der Waals surface area contributed by atoms with Crippen molar-refractivity contribution in [2.45, 2.75) is 49.4 Å². The van der Waals surface area contributed by atoms with Gasteiger partial charge in [0.2, 0.25) is 5.91 Å². The maximum atomic E-state index is 12.9. The van der Waals surface area contributed by atoms with Gasteiger partial charge in [0.05, 0.1) is 5.75 Å². The van der Waals surface area contributed by atoms with E-state index in [4.69, 9.17) is 4.42 Å². The van der Waals surface area contributed by atoms with Gasteiger partial charge in [0.1, 0.15) is 11.8 Å². The molecular weight excluding hydrogens is 360 g/mol. The Hall–Kier alpha value is -2.21. The van der Waals surface area contributed by atoms with E-state index in [1.54, 1.807) is 22.7 Å². The van der Waals surface area contributed by atoms with Crippen molar-refractivity contribution in [3.63, 3.8) is 0 Å². The normalized spacial score (nSPS) is 22.2. The number of carbonyl (C=O) groups is 2. The van der Waals surface area contributed by atoms with E-state index in [0.717, 1.165) is 25.1 Å². The van der Waals surface area contributed by atoms with Crippen molar-refractivity contribution in [3.8, 4) is 0 Å². The molecule has 5 nitrogen and oxygen atoms in total. The highest BCUT2D eigenvalue weighted by Crippen LogP contribution is 2.28. The van der Waals surface area contributed by atoms with E-state index in [1.807, 2.05) is 17.9 Å². The van der Waals surface area contributed by atoms with Gasteiger partial charge in [-0.1, -0.05) is 17.7 Å². The third-order valence-electron chi connectivity index (χ3n) is 5.43. The molecule has 2 aliphatic heterocycles. The van der Waals surface area contributed by atoms with Crippen LogP contribution in [0.3, 0.4) is 0 Å². The summed E-state index contributed by atoms with van der Waals surface area (Å²) in [5.74, 6) is 1.62. The molecule has 4 rings (SSSR count). The molecule has 27 heavy (non-hydrogen) atoms. The molecule has 2 saturated heterocycles. The van der Waals surface area contributed by atoms with Crippen molar-refractivity contribution in [2.24, 2.45) is 0 Å². The van der Waals surface area contributed by atoms with Crippen LogP contribution in [0.25, 0.3) is 0 Å². The molecule has 0 bridgehead atoms. The number of hydrogen-bond donors (Lipinski definition) is 0. The van der Waals surface area contributed by atoms with Gasteiger partial charge in [0, 0.05) is 24.0 Å². The van der Waals surface area contributed by atoms with Crippen LogP contribution in [0.4, 0.5) is 0 Å². The second-order valence-corrected chi connectivity index (χ2v) is 8.38. The van der Waals surface area contributed by atoms with Crippen LogP contribution in [0.1, 0.15) is 41.6 Å². The molecule has 142 valence electrons. The molecule has 0 aliphatic carbocycles. The Morgan fingerprint density at radius 1 is 1.22 bits per heavy atom. The summed E-state index contributed by atoms with van der Waals surface area (Å²) in [5, 5.41) is 0. The summed E-state index contributed by atoms with van der Waals surface area (Å²) in [6.07, 6.45) is 1.99. The molecule has 0 saturated carbocycles. The van der Waals surface area contributed by atoms with Crippen molar-refractivity contribution in [1.29, 1.82) is 0 Å². The molecule has 6 heteroatoms. The lowest BCUT2D eigenvalue weighted by molar-refractivity contribution is -0.141. The van der Waals surface area contributed by atoms with Crippen molar-refractivity contribution in [2.75, 3.05) is 13.1 Å². The molecule has 0 N–H and O–H groups in total. The van der Waals surface area contributed by atoms with Gasteiger partial charge in [0.15, 0.2) is 5.76 Å². The molecule has 3 heterocycles. The van der Waals surface area contributed by atoms with Crippen LogP contribution in [0, 0.1) is 6.92 Å². The zero-order valence-corrected chi connectivity index (χ0v) is 16.5. The number of furan rings is 1. The van der Waals surface area contributed by atoms with Crippen LogP contribution in [0.5, 0.6) is 0 Å². The number of rotatable bonds is 4. The summed E-state index contributed by atoms with van der Waals surface area (Å²) in [7, 11) is 0. The topological polar surface area (TPSA) is 53.8 Å². The average Bonchev–Trinajstić information content (AvgIpc) is 3.33. The van der Waals surface area contributed by atoms with E-state index >= 15 is 0 Å². The number of fused-ring (bicyclic) bond motifs is 1. The van der Waals surface area contributed by atoms with E-state index in [-0.39, 0.29) is 17.9 Å². The smallest absolute Gasteiger partial charge is 0.290 e. The third kappa shape index (κ3) is 3.63. The van der Waals surface area contributed by atoms with E-state index in [1.165, 1.54) is 10.5 Å². The van der Waals surface area contributed by atoms with Gasteiger partial charge in [-0.15, -0.1) is 11.8 Å². The van der Waals surface area contributed by atoms with Gasteiger partial charge >= 0.3 is 0 Å². The van der Waals surface area contributed by atoms with Crippen molar-refractivity contribution in [3.05, 3.63) is 53.5 Å². The second-order valence-electron chi connectivity index (χ2n) is 7.33. The van der Waals surface area contributed by atoms with Crippen LogP contribution in [0.2, 0.25) is 0 Å². The van der Waals surface area contributed by atoms with E-state index in [9.17, 15) is 9.59 Å². The fraction of sp³-hybridized carbons (Fsp3) is 0.429. The van der Waals surface area contributed by atoms with Gasteiger partial charge in [-0.3, -0.25) is 9.59 Å². The Kier molecular flexibility index (Phi) is 5.00. The van der Waals surface area contributed by atoms with E-state index in [2.05, 4.69) is 31.2 Å². The molecule has 2 amide bonds. The summed E-state index contributed by atoms with van der Waals surface area (Å²) in [6.45, 7) is 5.29. The first kappa shape index (κ1) is 18.2. The minimum atomic E-state index is -0.428. The number of benzene rings is 1. The molecule has 1 aromatic heterocycles. The van der Waals surface area contributed by atoms with Crippen molar-refractivity contribution in [1.82, 2.24) is 9.80 Å². The number of nitrogens with zero attached hydrogens (tertiary/aromatic N) is 2. The number of carbonyl (C=O) groups excluding carboxylic acids is 2. The third-order valence-corrected chi connectivity index (χ3v) is 6.46. The molecule has 1 aromatic carbocycles. The molecule has 0 radical (unpaired) electrons. The van der Waals surface area contributed by atoms with Gasteiger partial charge in [-0.25, -0.2) is 0 Å². The molecule has 2 atom stereocenters. The average molecular weight is 385 g/mol. The standard InChI is InChI=1S/C21H24N2O3S/c1-14-5-8-18(9-6-14)27-13-17-7-10-19(26-17)21(25)23-12-16-4-3-11-22(16)20(24)15(23)2/h5-10,15-16H,3-4,11-13H2,1-2H3/t15-,16+/m1/s1. The number of piperazine rings is 1. The summed E-state index contributed by atoms with van der Waals surface area (Å²) >= 11 is 1.68. The maximum absolute atomic E-state index is 12.9. The van der Waals surface area contributed by atoms with Crippen LogP contribution < -0.4 is 0 Å². The summed E-state index contributed by atoms with van der Waals surface area (Å²) < 4.78 is 5.80. The Balaban J connectivity index is 1.42. The lowest BCUT2D eigenvalue weighted by Gasteiger charge is -2.41. The number of amides is 2. The lowest BCUT2D eigenvalue weighted by atomic mass is 10.1. The monoisotopic (exact) mass is 384 g/mol. The molecule has 2 fully saturated rings.